The van der Waals surface area contributed by atoms with Crippen LogP contribution in [0.4, 0.5) is 13.2 Å². The van der Waals surface area contributed by atoms with E-state index < -0.39 is 12.3 Å². The Morgan fingerprint density at radius 3 is 2.29 bits per heavy atom. The first-order valence-corrected chi connectivity index (χ1v) is 6.96. The maximum atomic E-state index is 12.2. The number of benzene rings is 2. The van der Waals surface area contributed by atoms with Crippen molar-refractivity contribution in [1.29, 1.82) is 0 Å². The van der Waals surface area contributed by atoms with Crippen LogP contribution in [-0.2, 0) is 0 Å². The molecule has 1 heterocycles. The minimum Gasteiger partial charge on any atom is -0.477 e. The summed E-state index contributed by atoms with van der Waals surface area (Å²) in [5.74, 6) is -1.34. The number of aromatic carboxylic acids is 1. The topological polar surface area (TPSA) is 62.3 Å². The molecule has 2 aromatic carbocycles. The second-order valence-electron chi connectivity index (χ2n) is 5.26. The van der Waals surface area contributed by atoms with Gasteiger partial charge in [0.05, 0.1) is 0 Å². The summed E-state index contributed by atoms with van der Waals surface area (Å²) < 4.78 is 40.4. The van der Waals surface area contributed by atoms with Crippen LogP contribution >= 0.6 is 0 Å². The summed E-state index contributed by atoms with van der Waals surface area (Å²) in [5.41, 5.74) is 2.88. The van der Waals surface area contributed by atoms with Crippen LogP contribution in [0.5, 0.6) is 5.75 Å². The molecular formula is C17H12F3NO3. The number of H-pyrrole nitrogens is 1. The summed E-state index contributed by atoms with van der Waals surface area (Å²) in [6.07, 6.45) is -4.73. The van der Waals surface area contributed by atoms with Gasteiger partial charge in [-0.3, -0.25) is 0 Å². The van der Waals surface area contributed by atoms with Crippen molar-refractivity contribution in [3.63, 3.8) is 0 Å². The third-order valence-electron chi connectivity index (χ3n) is 3.69. The molecule has 1 aromatic heterocycles. The minimum absolute atomic E-state index is 0.121. The monoisotopic (exact) mass is 335 g/mol. The summed E-state index contributed by atoms with van der Waals surface area (Å²) in [5, 5.41) is 9.89. The zero-order chi connectivity index (χ0) is 17.5. The average molecular weight is 335 g/mol. The second-order valence-corrected chi connectivity index (χ2v) is 5.26. The lowest BCUT2D eigenvalue weighted by molar-refractivity contribution is -0.274. The van der Waals surface area contributed by atoms with Gasteiger partial charge in [0, 0.05) is 10.9 Å². The molecule has 0 aliphatic carbocycles. The largest absolute Gasteiger partial charge is 0.573 e. The van der Waals surface area contributed by atoms with Crippen molar-refractivity contribution in [2.24, 2.45) is 0 Å². The van der Waals surface area contributed by atoms with E-state index in [1.54, 1.807) is 25.1 Å². The fraction of sp³-hybridized carbons (Fsp3) is 0.118. The number of aryl methyl sites for hydroxylation is 1. The molecule has 0 unspecified atom stereocenters. The van der Waals surface area contributed by atoms with Gasteiger partial charge in [-0.2, -0.15) is 0 Å². The summed E-state index contributed by atoms with van der Waals surface area (Å²) in [6.45, 7) is 1.70. The van der Waals surface area contributed by atoms with Crippen molar-refractivity contribution in [1.82, 2.24) is 4.98 Å². The molecule has 124 valence electrons. The second kappa shape index (κ2) is 5.59. The quantitative estimate of drug-likeness (QED) is 0.727. The molecule has 0 saturated heterocycles. The predicted octanol–water partition coefficient (Wildman–Crippen LogP) is 4.74. The van der Waals surface area contributed by atoms with Crippen LogP contribution < -0.4 is 4.74 Å². The maximum absolute atomic E-state index is 12.2. The van der Waals surface area contributed by atoms with E-state index in [0.717, 1.165) is 10.9 Å². The Bertz CT molecular complexity index is 911. The molecule has 3 aromatic rings. The third-order valence-corrected chi connectivity index (χ3v) is 3.69. The molecule has 0 saturated carbocycles. The number of nitrogens with one attached hydrogen (secondary N) is 1. The Hall–Kier alpha value is -2.96. The molecule has 0 spiro atoms. The molecule has 3 rings (SSSR count). The molecule has 7 heteroatoms. The van der Waals surface area contributed by atoms with Crippen molar-refractivity contribution in [3.8, 4) is 16.9 Å². The van der Waals surface area contributed by atoms with Crippen molar-refractivity contribution < 1.29 is 27.8 Å². The Morgan fingerprint density at radius 2 is 1.71 bits per heavy atom. The standard InChI is InChI=1S/C17H12F3NO3/c1-9-13-8-11(4-7-14(13)21-15(9)16(22)23)10-2-5-12(6-3-10)24-17(18,19)20/h2-8,21H,1H3,(H,22,23). The SMILES string of the molecule is Cc1c(C(=O)O)[nH]c2ccc(-c3ccc(OC(F)(F)F)cc3)cc12. The van der Waals surface area contributed by atoms with Gasteiger partial charge in [-0.1, -0.05) is 18.2 Å². The molecule has 0 aliphatic heterocycles. The number of alkyl halides is 3. The maximum Gasteiger partial charge on any atom is 0.573 e. The fourth-order valence-corrected chi connectivity index (χ4v) is 2.57. The van der Waals surface area contributed by atoms with Gasteiger partial charge in [-0.05, 0) is 47.9 Å². The Labute approximate surface area is 134 Å². The van der Waals surface area contributed by atoms with Crippen LogP contribution in [0.25, 0.3) is 22.0 Å². The van der Waals surface area contributed by atoms with Crippen LogP contribution in [0, 0.1) is 6.92 Å². The van der Waals surface area contributed by atoms with Gasteiger partial charge in [-0.15, -0.1) is 13.2 Å². The van der Waals surface area contributed by atoms with Crippen molar-refractivity contribution in [2.45, 2.75) is 13.3 Å². The lowest BCUT2D eigenvalue weighted by Gasteiger charge is -2.09. The van der Waals surface area contributed by atoms with E-state index in [4.69, 9.17) is 5.11 Å². The molecule has 4 nitrogen and oxygen atoms in total. The number of ether oxygens (including phenoxy) is 1. The zero-order valence-corrected chi connectivity index (χ0v) is 12.4. The molecule has 0 bridgehead atoms. The fourth-order valence-electron chi connectivity index (χ4n) is 2.57. The van der Waals surface area contributed by atoms with Crippen molar-refractivity contribution in [3.05, 3.63) is 53.7 Å². The first kappa shape index (κ1) is 15.9. The van der Waals surface area contributed by atoms with Gasteiger partial charge in [0.15, 0.2) is 0 Å². The third kappa shape index (κ3) is 3.05. The average Bonchev–Trinajstić information content (AvgIpc) is 2.83. The van der Waals surface area contributed by atoms with Gasteiger partial charge in [0.1, 0.15) is 11.4 Å². The number of halogens is 3. The van der Waals surface area contributed by atoms with E-state index in [1.165, 1.54) is 24.3 Å². The number of aromatic nitrogens is 1. The summed E-state index contributed by atoms with van der Waals surface area (Å²) >= 11 is 0. The van der Waals surface area contributed by atoms with Crippen LogP contribution in [0.15, 0.2) is 42.5 Å². The number of fused-ring (bicyclic) bond motifs is 1. The molecule has 0 radical (unpaired) electrons. The van der Waals surface area contributed by atoms with E-state index in [2.05, 4.69) is 9.72 Å². The van der Waals surface area contributed by atoms with Crippen LogP contribution in [0.3, 0.4) is 0 Å². The molecular weight excluding hydrogens is 323 g/mol. The van der Waals surface area contributed by atoms with Gasteiger partial charge in [-0.25, -0.2) is 4.79 Å². The number of hydrogen-bond donors (Lipinski definition) is 2. The lowest BCUT2D eigenvalue weighted by Crippen LogP contribution is -2.16. The number of rotatable bonds is 3. The van der Waals surface area contributed by atoms with E-state index in [1.807, 2.05) is 0 Å². The van der Waals surface area contributed by atoms with E-state index >= 15 is 0 Å². The van der Waals surface area contributed by atoms with Crippen LogP contribution in [-0.4, -0.2) is 22.4 Å². The predicted molar refractivity (Wildman–Crippen MR) is 82.1 cm³/mol. The van der Waals surface area contributed by atoms with Gasteiger partial charge in [0.2, 0.25) is 0 Å². The van der Waals surface area contributed by atoms with Crippen molar-refractivity contribution >= 4 is 16.9 Å². The smallest absolute Gasteiger partial charge is 0.477 e. The number of carboxylic acid groups (broad SMARTS) is 1. The minimum atomic E-state index is -4.73. The Kier molecular flexibility index (Phi) is 3.71. The first-order chi connectivity index (χ1) is 11.2. The lowest BCUT2D eigenvalue weighted by atomic mass is 10.0. The van der Waals surface area contributed by atoms with Crippen molar-refractivity contribution in [2.75, 3.05) is 0 Å². The Morgan fingerprint density at radius 1 is 1.08 bits per heavy atom. The normalized spacial score (nSPS) is 11.7. The molecule has 2 N–H and O–H groups in total. The van der Waals surface area contributed by atoms with Gasteiger partial charge >= 0.3 is 12.3 Å². The van der Waals surface area contributed by atoms with Gasteiger partial charge in [0.25, 0.3) is 0 Å². The van der Waals surface area contributed by atoms with Gasteiger partial charge < -0.3 is 14.8 Å². The highest BCUT2D eigenvalue weighted by atomic mass is 19.4. The number of carbonyl (C=O) groups is 1. The zero-order valence-electron chi connectivity index (χ0n) is 12.4. The molecule has 0 amide bonds. The van der Waals surface area contributed by atoms with Crippen LogP contribution in [0.2, 0.25) is 0 Å². The van der Waals surface area contributed by atoms with E-state index in [9.17, 15) is 18.0 Å². The summed E-state index contributed by atoms with van der Waals surface area (Å²) in [7, 11) is 0. The molecule has 0 atom stereocenters. The summed E-state index contributed by atoms with van der Waals surface area (Å²) in [4.78, 5) is 14.0. The van der Waals surface area contributed by atoms with E-state index in [-0.39, 0.29) is 11.4 Å². The summed E-state index contributed by atoms with van der Waals surface area (Å²) in [6, 6.07) is 10.8. The highest BCUT2D eigenvalue weighted by Crippen LogP contribution is 2.30. The van der Waals surface area contributed by atoms with E-state index in [0.29, 0.717) is 16.6 Å². The molecule has 0 fully saturated rings. The molecule has 24 heavy (non-hydrogen) atoms. The molecule has 0 aliphatic rings. The highest BCUT2D eigenvalue weighted by Gasteiger charge is 2.30. The van der Waals surface area contributed by atoms with Crippen LogP contribution in [0.1, 0.15) is 16.1 Å². The number of aromatic amines is 1. The number of carboxylic acids is 1. The highest BCUT2D eigenvalue weighted by molar-refractivity contribution is 5.98. The number of hydrogen-bond acceptors (Lipinski definition) is 2. The Balaban J connectivity index is 1.97. The first-order valence-electron chi connectivity index (χ1n) is 6.96.